The van der Waals surface area contributed by atoms with Crippen LogP contribution in [-0.2, 0) is 16.9 Å². The Morgan fingerprint density at radius 3 is 2.61 bits per heavy atom. The molecule has 0 saturated heterocycles. The zero-order chi connectivity index (χ0) is 17.0. The Balaban J connectivity index is 1.92. The van der Waals surface area contributed by atoms with Crippen LogP contribution in [0.4, 0.5) is 0 Å². The number of hydrogen-bond acceptors (Lipinski definition) is 4. The molecular weight excluding hydrogens is 306 g/mol. The molecule has 0 bridgehead atoms. The van der Waals surface area contributed by atoms with Crippen molar-refractivity contribution in [3.8, 4) is 0 Å². The van der Waals surface area contributed by atoms with Crippen LogP contribution in [0, 0.1) is 13.8 Å². The Bertz CT molecular complexity index is 678. The monoisotopic (exact) mass is 331 g/mol. The standard InChI is InChI=1S/C18H25N3OS/c1-13-8-6-7-9-15(13)11-21(5)16(22)10-19-18(3,4)17-20-14(2)12-23-17/h6-9,12,19H,10-11H2,1-5H3. The van der Waals surface area contributed by atoms with Crippen LogP contribution >= 0.6 is 11.3 Å². The number of carbonyl (C=O) groups is 1. The number of rotatable bonds is 6. The molecule has 23 heavy (non-hydrogen) atoms. The molecule has 1 aromatic carbocycles. The molecule has 1 heterocycles. The molecule has 0 aliphatic rings. The highest BCUT2D eigenvalue weighted by molar-refractivity contribution is 7.09. The van der Waals surface area contributed by atoms with Gasteiger partial charge in [-0.3, -0.25) is 10.1 Å². The fourth-order valence-electron chi connectivity index (χ4n) is 2.28. The highest BCUT2D eigenvalue weighted by Gasteiger charge is 2.24. The number of thiazole rings is 1. The zero-order valence-corrected chi connectivity index (χ0v) is 15.3. The smallest absolute Gasteiger partial charge is 0.236 e. The second kappa shape index (κ2) is 7.23. The van der Waals surface area contributed by atoms with Crippen LogP contribution in [0.1, 0.15) is 35.7 Å². The molecule has 124 valence electrons. The summed E-state index contributed by atoms with van der Waals surface area (Å²) in [6.07, 6.45) is 0. The molecule has 0 unspecified atom stereocenters. The average molecular weight is 331 g/mol. The molecule has 0 aliphatic carbocycles. The summed E-state index contributed by atoms with van der Waals surface area (Å²) < 4.78 is 0. The van der Waals surface area contributed by atoms with Crippen molar-refractivity contribution in [1.29, 1.82) is 0 Å². The molecule has 0 aliphatic heterocycles. The van der Waals surface area contributed by atoms with E-state index in [1.54, 1.807) is 16.2 Å². The first-order valence-corrected chi connectivity index (χ1v) is 8.63. The van der Waals surface area contributed by atoms with Crippen LogP contribution in [0.3, 0.4) is 0 Å². The SMILES string of the molecule is Cc1csc(C(C)(C)NCC(=O)N(C)Cc2ccccc2C)n1. The first kappa shape index (κ1) is 17.6. The summed E-state index contributed by atoms with van der Waals surface area (Å²) in [5.74, 6) is 0.0783. The molecule has 5 heteroatoms. The molecule has 2 rings (SSSR count). The van der Waals surface area contributed by atoms with E-state index in [4.69, 9.17) is 0 Å². The summed E-state index contributed by atoms with van der Waals surface area (Å²) in [6, 6.07) is 8.15. The summed E-state index contributed by atoms with van der Waals surface area (Å²) >= 11 is 1.62. The topological polar surface area (TPSA) is 45.2 Å². The molecule has 1 aromatic heterocycles. The van der Waals surface area contributed by atoms with Gasteiger partial charge in [-0.25, -0.2) is 4.98 Å². The van der Waals surface area contributed by atoms with Crippen molar-refractivity contribution in [3.05, 3.63) is 51.5 Å². The molecule has 0 saturated carbocycles. The summed E-state index contributed by atoms with van der Waals surface area (Å²) in [6.45, 7) is 9.09. The molecular formula is C18H25N3OS. The van der Waals surface area contributed by atoms with Gasteiger partial charge in [0.1, 0.15) is 5.01 Å². The van der Waals surface area contributed by atoms with E-state index in [0.29, 0.717) is 13.1 Å². The van der Waals surface area contributed by atoms with E-state index in [1.807, 2.05) is 31.5 Å². The molecule has 4 nitrogen and oxygen atoms in total. The van der Waals surface area contributed by atoms with Crippen LogP contribution in [0.25, 0.3) is 0 Å². The number of aromatic nitrogens is 1. The maximum Gasteiger partial charge on any atom is 0.236 e. The van der Waals surface area contributed by atoms with E-state index in [-0.39, 0.29) is 11.4 Å². The minimum atomic E-state index is -0.307. The third-order valence-corrected chi connectivity index (χ3v) is 5.21. The van der Waals surface area contributed by atoms with E-state index in [9.17, 15) is 4.79 Å². The lowest BCUT2D eigenvalue weighted by Crippen LogP contribution is -2.43. The highest BCUT2D eigenvalue weighted by atomic mass is 32.1. The molecule has 1 N–H and O–H groups in total. The zero-order valence-electron chi connectivity index (χ0n) is 14.5. The van der Waals surface area contributed by atoms with E-state index in [1.165, 1.54) is 11.1 Å². The minimum Gasteiger partial charge on any atom is -0.340 e. The van der Waals surface area contributed by atoms with Crippen molar-refractivity contribution in [2.24, 2.45) is 0 Å². The van der Waals surface area contributed by atoms with Crippen molar-refractivity contribution in [1.82, 2.24) is 15.2 Å². The number of nitrogens with zero attached hydrogens (tertiary/aromatic N) is 2. The van der Waals surface area contributed by atoms with Crippen molar-refractivity contribution in [2.75, 3.05) is 13.6 Å². The first-order valence-electron chi connectivity index (χ1n) is 7.75. The van der Waals surface area contributed by atoms with Gasteiger partial charge in [-0.1, -0.05) is 24.3 Å². The lowest BCUT2D eigenvalue weighted by atomic mass is 10.1. The normalized spacial score (nSPS) is 11.5. The molecule has 0 spiro atoms. The Morgan fingerprint density at radius 1 is 1.30 bits per heavy atom. The quantitative estimate of drug-likeness (QED) is 0.884. The van der Waals surface area contributed by atoms with Crippen molar-refractivity contribution in [2.45, 2.75) is 39.8 Å². The maximum absolute atomic E-state index is 12.4. The van der Waals surface area contributed by atoms with E-state index in [2.05, 4.69) is 43.2 Å². The van der Waals surface area contributed by atoms with Crippen LogP contribution in [0.2, 0.25) is 0 Å². The van der Waals surface area contributed by atoms with Crippen LogP contribution in [0.5, 0.6) is 0 Å². The Morgan fingerprint density at radius 2 is 2.00 bits per heavy atom. The van der Waals surface area contributed by atoms with Gasteiger partial charge in [0.25, 0.3) is 0 Å². The number of nitrogens with one attached hydrogen (secondary N) is 1. The van der Waals surface area contributed by atoms with Crippen molar-refractivity contribution in [3.63, 3.8) is 0 Å². The number of likely N-dealkylation sites (N-methyl/N-ethyl adjacent to an activating group) is 1. The third-order valence-electron chi connectivity index (χ3n) is 3.93. The number of benzene rings is 1. The van der Waals surface area contributed by atoms with Gasteiger partial charge in [0, 0.05) is 24.7 Å². The van der Waals surface area contributed by atoms with Crippen molar-refractivity contribution >= 4 is 17.2 Å². The lowest BCUT2D eigenvalue weighted by Gasteiger charge is -2.26. The van der Waals surface area contributed by atoms with Gasteiger partial charge in [0.05, 0.1) is 12.1 Å². The fraction of sp³-hybridized carbons (Fsp3) is 0.444. The lowest BCUT2D eigenvalue weighted by molar-refractivity contribution is -0.129. The van der Waals surface area contributed by atoms with Crippen LogP contribution in [0.15, 0.2) is 29.6 Å². The van der Waals surface area contributed by atoms with Gasteiger partial charge in [0.2, 0.25) is 5.91 Å². The molecule has 0 fully saturated rings. The van der Waals surface area contributed by atoms with Gasteiger partial charge >= 0.3 is 0 Å². The van der Waals surface area contributed by atoms with Gasteiger partial charge in [-0.15, -0.1) is 11.3 Å². The Hall–Kier alpha value is -1.72. The molecule has 2 aromatic rings. The van der Waals surface area contributed by atoms with Crippen molar-refractivity contribution < 1.29 is 4.79 Å². The fourth-order valence-corrected chi connectivity index (χ4v) is 3.18. The molecule has 0 radical (unpaired) electrons. The summed E-state index contributed by atoms with van der Waals surface area (Å²) in [5, 5.41) is 6.36. The highest BCUT2D eigenvalue weighted by Crippen LogP contribution is 2.23. The number of aryl methyl sites for hydroxylation is 2. The second-order valence-corrected chi connectivity index (χ2v) is 7.31. The number of carbonyl (C=O) groups excluding carboxylic acids is 1. The van der Waals surface area contributed by atoms with Crippen LogP contribution in [-0.4, -0.2) is 29.4 Å². The molecule has 0 atom stereocenters. The minimum absolute atomic E-state index is 0.0783. The van der Waals surface area contributed by atoms with Gasteiger partial charge in [0.15, 0.2) is 0 Å². The first-order chi connectivity index (χ1) is 10.8. The number of amides is 1. The van der Waals surface area contributed by atoms with Gasteiger partial charge in [-0.05, 0) is 38.8 Å². The van der Waals surface area contributed by atoms with E-state index < -0.39 is 0 Å². The third kappa shape index (κ3) is 4.62. The average Bonchev–Trinajstić information content (AvgIpc) is 2.94. The van der Waals surface area contributed by atoms with Gasteiger partial charge < -0.3 is 4.90 Å². The Labute approximate surface area is 142 Å². The summed E-state index contributed by atoms with van der Waals surface area (Å²) in [5.41, 5.74) is 3.10. The number of hydrogen-bond donors (Lipinski definition) is 1. The van der Waals surface area contributed by atoms with E-state index in [0.717, 1.165) is 10.7 Å². The largest absolute Gasteiger partial charge is 0.340 e. The maximum atomic E-state index is 12.4. The predicted octanol–water partition coefficient (Wildman–Crippen LogP) is 3.24. The molecule has 1 amide bonds. The Kier molecular flexibility index (Phi) is 5.55. The predicted molar refractivity (Wildman–Crippen MR) is 95.5 cm³/mol. The van der Waals surface area contributed by atoms with Crippen LogP contribution < -0.4 is 5.32 Å². The van der Waals surface area contributed by atoms with Gasteiger partial charge in [-0.2, -0.15) is 0 Å². The second-order valence-electron chi connectivity index (χ2n) is 6.45. The summed E-state index contributed by atoms with van der Waals surface area (Å²) in [7, 11) is 1.84. The van der Waals surface area contributed by atoms with E-state index >= 15 is 0 Å². The summed E-state index contributed by atoms with van der Waals surface area (Å²) in [4.78, 5) is 18.7.